The van der Waals surface area contributed by atoms with Crippen molar-refractivity contribution >= 4 is 43.0 Å². The van der Waals surface area contributed by atoms with Crippen molar-refractivity contribution in [3.05, 3.63) is 0 Å². The summed E-state index contributed by atoms with van der Waals surface area (Å²) in [5.74, 6) is 0. The molecule has 7 heteroatoms. The van der Waals surface area contributed by atoms with Crippen LogP contribution in [-0.2, 0) is 14.0 Å². The van der Waals surface area contributed by atoms with Gasteiger partial charge in [-0.25, -0.2) is 0 Å². The highest BCUT2D eigenvalue weighted by molar-refractivity contribution is 8.12. The number of carbonyl (C=O) groups excluding carboxylic acids is 1. The molecule has 0 atom stereocenters. The fourth-order valence-corrected chi connectivity index (χ4v) is 0.552. The second-order valence-corrected chi connectivity index (χ2v) is 3.53. The first-order chi connectivity index (χ1) is 3.92. The maximum atomic E-state index is 9.89. The lowest BCUT2D eigenvalue weighted by molar-refractivity contribution is -0.105. The molecule has 0 amide bonds. The molecule has 0 aromatic heterocycles. The van der Waals surface area contributed by atoms with Gasteiger partial charge in [0.05, 0.1) is 0 Å². The first-order valence-corrected chi connectivity index (χ1v) is 4.25. The molecule has 0 saturated carbocycles. The molecule has 0 spiro atoms. The summed E-state index contributed by atoms with van der Waals surface area (Å²) in [6.07, 6.45) is 0.407. The zero-order chi connectivity index (χ0) is 7.49. The molecule has 0 heterocycles. The summed E-state index contributed by atoms with van der Waals surface area (Å²) in [4.78, 5) is 9.78. The third-order valence-corrected chi connectivity index (χ3v) is 0.974. The number of carbonyl (C=O) groups is 1. The predicted molar refractivity (Wildman–Crippen MR) is 34.1 cm³/mol. The molecule has 0 saturated heterocycles. The molecule has 0 aliphatic heterocycles. The fourth-order valence-electron chi connectivity index (χ4n) is 0.104. The smallest absolute Gasteiger partial charge is 0.275 e. The van der Waals surface area contributed by atoms with Crippen LogP contribution >= 0.6 is 22.3 Å². The average molecular weight is 190 g/mol. The van der Waals surface area contributed by atoms with Crippen LogP contribution in [0.25, 0.3) is 0 Å². The van der Waals surface area contributed by atoms with E-state index in [9.17, 15) is 13.2 Å². The van der Waals surface area contributed by atoms with E-state index in [1.165, 1.54) is 0 Å². The van der Waals surface area contributed by atoms with Gasteiger partial charge >= 0.3 is 9.24 Å². The van der Waals surface area contributed by atoms with Gasteiger partial charge in [-0.15, -0.1) is 0 Å². The fraction of sp³-hybridized carbons (Fsp3) is 0. The minimum atomic E-state index is -3.98. The Morgan fingerprint density at radius 1 is 1.56 bits per heavy atom. The molecule has 0 N–H and O–H groups in total. The third-order valence-electron chi connectivity index (χ3n) is 0.280. The van der Waals surface area contributed by atoms with Crippen LogP contribution in [0.3, 0.4) is 0 Å². The minimum Gasteiger partial charge on any atom is -0.275 e. The molecule has 0 radical (unpaired) electrons. The molecular formula is C2HCl2NO3S. The predicted octanol–water partition coefficient (Wildman–Crippen LogP) is 0.306. The van der Waals surface area contributed by atoms with Crippen molar-refractivity contribution in [2.24, 2.45) is 4.40 Å². The van der Waals surface area contributed by atoms with Gasteiger partial charge in [0.2, 0.25) is 0 Å². The molecule has 0 fully saturated rings. The largest absolute Gasteiger partial charge is 0.339 e. The Kier molecular flexibility index (Phi) is 3.10. The second-order valence-electron chi connectivity index (χ2n) is 0.951. The van der Waals surface area contributed by atoms with E-state index in [-0.39, 0.29) is 0 Å². The van der Waals surface area contributed by atoms with Gasteiger partial charge in [-0.1, -0.05) is 0 Å². The van der Waals surface area contributed by atoms with Crippen molar-refractivity contribution in [3.63, 3.8) is 0 Å². The Bertz CT molecular complexity index is 230. The zero-order valence-corrected chi connectivity index (χ0v) is 6.24. The van der Waals surface area contributed by atoms with E-state index in [1.807, 2.05) is 0 Å². The quantitative estimate of drug-likeness (QED) is 0.464. The first kappa shape index (κ1) is 8.87. The average Bonchev–Trinajstić information content (AvgIpc) is 1.59. The summed E-state index contributed by atoms with van der Waals surface area (Å²) < 4.78 is 22.4. The summed E-state index contributed by atoms with van der Waals surface area (Å²) in [6.45, 7) is 0. The van der Waals surface area contributed by atoms with Gasteiger partial charge in [0, 0.05) is 10.7 Å². The van der Waals surface area contributed by atoms with Gasteiger partial charge < -0.3 is 0 Å². The number of nitrogens with zero attached hydrogens (tertiary/aromatic N) is 1. The minimum absolute atomic E-state index is 0.407. The Morgan fingerprint density at radius 2 is 2.00 bits per heavy atom. The van der Waals surface area contributed by atoms with Crippen molar-refractivity contribution in [1.82, 2.24) is 0 Å². The number of hydrogen-bond acceptors (Lipinski definition) is 3. The normalized spacial score (nSPS) is 12.2. The lowest BCUT2D eigenvalue weighted by Crippen LogP contribution is -1.89. The van der Waals surface area contributed by atoms with E-state index in [0.717, 1.165) is 0 Å². The number of hydrogen-bond donors (Lipinski definition) is 0. The van der Waals surface area contributed by atoms with Crippen LogP contribution < -0.4 is 0 Å². The zero-order valence-electron chi connectivity index (χ0n) is 3.91. The molecular weight excluding hydrogens is 189 g/mol. The third kappa shape index (κ3) is 7.87. The van der Waals surface area contributed by atoms with Crippen LogP contribution in [0.4, 0.5) is 0 Å². The maximum absolute atomic E-state index is 9.89. The van der Waals surface area contributed by atoms with E-state index >= 15 is 0 Å². The molecule has 52 valence electrons. The summed E-state index contributed by atoms with van der Waals surface area (Å²) in [6, 6.07) is 0. The number of rotatable bonds is 2. The summed E-state index contributed by atoms with van der Waals surface area (Å²) in [5.41, 5.74) is 0. The topological polar surface area (TPSA) is 63.6 Å². The van der Waals surface area contributed by atoms with E-state index in [2.05, 4.69) is 26.7 Å². The molecule has 0 aliphatic rings. The number of halogens is 2. The van der Waals surface area contributed by atoms with E-state index in [1.54, 1.807) is 0 Å². The van der Waals surface area contributed by atoms with E-state index in [0.29, 0.717) is 6.21 Å². The molecule has 9 heavy (non-hydrogen) atoms. The van der Waals surface area contributed by atoms with Gasteiger partial charge in [0.15, 0.2) is 0 Å². The monoisotopic (exact) mass is 189 g/mol. The Hall–Kier alpha value is -0.130. The van der Waals surface area contributed by atoms with Crippen molar-refractivity contribution in [2.45, 2.75) is 0 Å². The Labute approximate surface area is 61.0 Å². The second kappa shape index (κ2) is 3.14. The van der Waals surface area contributed by atoms with Gasteiger partial charge in [-0.3, -0.25) is 4.79 Å². The van der Waals surface area contributed by atoms with Gasteiger partial charge in [0.25, 0.3) is 5.24 Å². The molecule has 0 bridgehead atoms. The molecule has 0 aliphatic carbocycles. The van der Waals surface area contributed by atoms with Gasteiger partial charge in [-0.2, -0.15) is 12.8 Å². The Balaban J connectivity index is 4.21. The van der Waals surface area contributed by atoms with Crippen molar-refractivity contribution in [2.75, 3.05) is 0 Å². The van der Waals surface area contributed by atoms with Crippen LogP contribution in [-0.4, -0.2) is 19.9 Å². The van der Waals surface area contributed by atoms with Crippen LogP contribution in [0.15, 0.2) is 4.40 Å². The standard InChI is InChI=1S/C2HCl2NO3S/c3-2(6)1-5-9(4,7)8/h1H. The van der Waals surface area contributed by atoms with Crippen LogP contribution in [0.2, 0.25) is 0 Å². The van der Waals surface area contributed by atoms with Crippen LogP contribution in [0.1, 0.15) is 0 Å². The van der Waals surface area contributed by atoms with Crippen molar-refractivity contribution in [3.8, 4) is 0 Å². The Morgan fingerprint density at radius 3 is 2.11 bits per heavy atom. The van der Waals surface area contributed by atoms with Crippen molar-refractivity contribution in [1.29, 1.82) is 0 Å². The van der Waals surface area contributed by atoms with Crippen LogP contribution in [0.5, 0.6) is 0 Å². The lowest BCUT2D eigenvalue weighted by Gasteiger charge is -1.76. The highest BCUT2D eigenvalue weighted by atomic mass is 35.7. The molecule has 0 aromatic rings. The molecule has 0 unspecified atom stereocenters. The highest BCUT2D eigenvalue weighted by Crippen LogP contribution is 1.95. The van der Waals surface area contributed by atoms with Gasteiger partial charge in [0.1, 0.15) is 6.21 Å². The lowest BCUT2D eigenvalue weighted by atomic mass is 10.9. The van der Waals surface area contributed by atoms with E-state index < -0.39 is 14.5 Å². The first-order valence-electron chi connectivity index (χ1n) is 1.61. The molecule has 4 nitrogen and oxygen atoms in total. The van der Waals surface area contributed by atoms with Crippen LogP contribution in [0, 0.1) is 0 Å². The molecule has 0 aromatic carbocycles. The van der Waals surface area contributed by atoms with Gasteiger partial charge in [-0.05, 0) is 11.6 Å². The maximum Gasteiger partial charge on any atom is 0.339 e. The van der Waals surface area contributed by atoms with E-state index in [4.69, 9.17) is 0 Å². The SMILES string of the molecule is O=C(Cl)C=NS(=O)(=O)Cl. The summed E-state index contributed by atoms with van der Waals surface area (Å²) in [5, 5.41) is -0.987. The summed E-state index contributed by atoms with van der Waals surface area (Å²) >= 11 is 4.67. The summed E-state index contributed by atoms with van der Waals surface area (Å²) in [7, 11) is 0.558. The highest BCUT2D eigenvalue weighted by Gasteiger charge is 1.98. The molecule has 0 rings (SSSR count). The van der Waals surface area contributed by atoms with Crippen molar-refractivity contribution < 1.29 is 13.2 Å².